The molecular formula is C12H11F3O2. The minimum Gasteiger partial charge on any atom is -0.496 e. The zero-order valence-electron chi connectivity index (χ0n) is 9.17. The molecule has 1 fully saturated rings. The van der Waals surface area contributed by atoms with Crippen molar-refractivity contribution in [3.8, 4) is 5.75 Å². The molecule has 1 aliphatic rings. The maximum absolute atomic E-state index is 12.7. The summed E-state index contributed by atoms with van der Waals surface area (Å²) in [6, 6.07) is 1.93. The maximum Gasteiger partial charge on any atom is 0.416 e. The summed E-state index contributed by atoms with van der Waals surface area (Å²) in [5, 5.41) is 0. The highest BCUT2D eigenvalue weighted by Gasteiger charge is 2.35. The molecule has 0 amide bonds. The molecule has 17 heavy (non-hydrogen) atoms. The zero-order chi connectivity index (χ0) is 12.6. The van der Waals surface area contributed by atoms with E-state index in [1.165, 1.54) is 7.11 Å². The number of benzene rings is 1. The van der Waals surface area contributed by atoms with Crippen LogP contribution in [0.3, 0.4) is 0 Å². The molecule has 1 aromatic rings. The summed E-state index contributed by atoms with van der Waals surface area (Å²) < 4.78 is 42.8. The number of hydrogen-bond acceptors (Lipinski definition) is 2. The third-order valence-electron chi connectivity index (χ3n) is 2.86. The van der Waals surface area contributed by atoms with Crippen molar-refractivity contribution in [3.63, 3.8) is 0 Å². The van der Waals surface area contributed by atoms with Gasteiger partial charge in [-0.1, -0.05) is 0 Å². The van der Waals surface area contributed by atoms with Gasteiger partial charge in [-0.2, -0.15) is 13.2 Å². The molecule has 0 spiro atoms. The van der Waals surface area contributed by atoms with Crippen LogP contribution in [-0.2, 0) is 6.18 Å². The normalized spacial score (nSPS) is 15.8. The van der Waals surface area contributed by atoms with Gasteiger partial charge in [-0.3, -0.25) is 4.79 Å². The van der Waals surface area contributed by atoms with Crippen LogP contribution in [0.2, 0.25) is 0 Å². The number of alkyl halides is 3. The van der Waals surface area contributed by atoms with E-state index in [4.69, 9.17) is 4.74 Å². The third kappa shape index (κ3) is 2.28. The molecule has 2 rings (SSSR count). The van der Waals surface area contributed by atoms with Gasteiger partial charge in [0.25, 0.3) is 0 Å². The standard InChI is InChI=1S/C12H11F3O2/c1-17-11-5-8(12(13,14)15)4-9(7-2-3-7)10(11)6-16/h4-7H,2-3H2,1H3. The van der Waals surface area contributed by atoms with Crippen molar-refractivity contribution in [1.29, 1.82) is 0 Å². The first-order valence-electron chi connectivity index (χ1n) is 5.21. The lowest BCUT2D eigenvalue weighted by atomic mass is 9.99. The molecule has 92 valence electrons. The van der Waals surface area contributed by atoms with Gasteiger partial charge in [0.1, 0.15) is 5.75 Å². The fourth-order valence-electron chi connectivity index (χ4n) is 1.84. The van der Waals surface area contributed by atoms with Crippen molar-refractivity contribution >= 4 is 6.29 Å². The lowest BCUT2D eigenvalue weighted by molar-refractivity contribution is -0.137. The quantitative estimate of drug-likeness (QED) is 0.761. The number of hydrogen-bond donors (Lipinski definition) is 0. The first-order valence-corrected chi connectivity index (χ1v) is 5.21. The number of aldehydes is 1. The van der Waals surface area contributed by atoms with E-state index < -0.39 is 11.7 Å². The van der Waals surface area contributed by atoms with Crippen LogP contribution in [0.15, 0.2) is 12.1 Å². The Morgan fingerprint density at radius 3 is 2.41 bits per heavy atom. The summed E-state index contributed by atoms with van der Waals surface area (Å²) >= 11 is 0. The third-order valence-corrected chi connectivity index (χ3v) is 2.86. The van der Waals surface area contributed by atoms with E-state index in [0.717, 1.165) is 25.0 Å². The summed E-state index contributed by atoms with van der Waals surface area (Å²) in [5.41, 5.74) is -0.0727. The smallest absolute Gasteiger partial charge is 0.416 e. The van der Waals surface area contributed by atoms with Gasteiger partial charge in [0, 0.05) is 0 Å². The molecule has 1 saturated carbocycles. The van der Waals surface area contributed by atoms with Gasteiger partial charge in [0.2, 0.25) is 0 Å². The highest BCUT2D eigenvalue weighted by atomic mass is 19.4. The second-order valence-corrected chi connectivity index (χ2v) is 4.07. The van der Waals surface area contributed by atoms with Gasteiger partial charge >= 0.3 is 6.18 Å². The predicted octanol–water partition coefficient (Wildman–Crippen LogP) is 3.40. The Labute approximate surface area is 96.4 Å². The first kappa shape index (κ1) is 12.0. The highest BCUT2D eigenvalue weighted by Crippen LogP contribution is 2.45. The Hall–Kier alpha value is -1.52. The molecule has 0 heterocycles. The van der Waals surface area contributed by atoms with Crippen molar-refractivity contribution in [2.45, 2.75) is 24.9 Å². The average molecular weight is 244 g/mol. The number of rotatable bonds is 3. The maximum atomic E-state index is 12.7. The summed E-state index contributed by atoms with van der Waals surface area (Å²) in [6.45, 7) is 0. The van der Waals surface area contributed by atoms with Crippen molar-refractivity contribution in [1.82, 2.24) is 0 Å². The molecule has 0 unspecified atom stereocenters. The van der Waals surface area contributed by atoms with Crippen molar-refractivity contribution in [3.05, 3.63) is 28.8 Å². The van der Waals surface area contributed by atoms with E-state index in [9.17, 15) is 18.0 Å². The van der Waals surface area contributed by atoms with Crippen LogP contribution in [0.4, 0.5) is 13.2 Å². The van der Waals surface area contributed by atoms with E-state index in [1.54, 1.807) is 0 Å². The highest BCUT2D eigenvalue weighted by molar-refractivity contribution is 5.82. The van der Waals surface area contributed by atoms with Crippen LogP contribution >= 0.6 is 0 Å². The van der Waals surface area contributed by atoms with E-state index in [2.05, 4.69) is 0 Å². The van der Waals surface area contributed by atoms with Gasteiger partial charge in [0.15, 0.2) is 6.29 Å². The molecule has 0 bridgehead atoms. The fraction of sp³-hybridized carbons (Fsp3) is 0.417. The van der Waals surface area contributed by atoms with Crippen molar-refractivity contribution in [2.75, 3.05) is 7.11 Å². The van der Waals surface area contributed by atoms with Gasteiger partial charge in [-0.15, -0.1) is 0 Å². The molecule has 0 aromatic heterocycles. The average Bonchev–Trinajstić information content (AvgIpc) is 3.09. The number of carbonyl (C=O) groups is 1. The lowest BCUT2D eigenvalue weighted by Gasteiger charge is -2.14. The molecular weight excluding hydrogens is 233 g/mol. The van der Waals surface area contributed by atoms with Gasteiger partial charge in [-0.25, -0.2) is 0 Å². The van der Waals surface area contributed by atoms with Crippen LogP contribution in [0, 0.1) is 0 Å². The first-order chi connectivity index (χ1) is 7.97. The van der Waals surface area contributed by atoms with Gasteiger partial charge < -0.3 is 4.74 Å². The summed E-state index contributed by atoms with van der Waals surface area (Å²) in [7, 11) is 1.26. The molecule has 0 radical (unpaired) electrons. The van der Waals surface area contributed by atoms with E-state index >= 15 is 0 Å². The molecule has 0 N–H and O–H groups in total. The van der Waals surface area contributed by atoms with Crippen LogP contribution < -0.4 is 4.74 Å². The monoisotopic (exact) mass is 244 g/mol. The van der Waals surface area contributed by atoms with Gasteiger partial charge in [0.05, 0.1) is 18.2 Å². The van der Waals surface area contributed by atoms with E-state index in [-0.39, 0.29) is 17.2 Å². The lowest BCUT2D eigenvalue weighted by Crippen LogP contribution is -2.08. The Bertz CT molecular complexity index is 448. The van der Waals surface area contributed by atoms with Crippen LogP contribution in [0.25, 0.3) is 0 Å². The second-order valence-electron chi connectivity index (χ2n) is 4.07. The zero-order valence-corrected chi connectivity index (χ0v) is 9.17. The van der Waals surface area contributed by atoms with Crippen LogP contribution in [0.1, 0.15) is 40.2 Å². The Morgan fingerprint density at radius 1 is 1.35 bits per heavy atom. The molecule has 2 nitrogen and oxygen atoms in total. The van der Waals surface area contributed by atoms with Crippen LogP contribution in [0.5, 0.6) is 5.75 Å². The minimum atomic E-state index is -4.42. The summed E-state index contributed by atoms with van der Waals surface area (Å²) in [4.78, 5) is 10.9. The molecule has 0 atom stereocenters. The van der Waals surface area contributed by atoms with Crippen molar-refractivity contribution in [2.24, 2.45) is 0 Å². The number of carbonyl (C=O) groups excluding carboxylic acids is 1. The Kier molecular flexibility index (Phi) is 2.85. The Balaban J connectivity index is 2.58. The molecule has 0 aliphatic heterocycles. The summed E-state index contributed by atoms with van der Waals surface area (Å²) in [6.07, 6.45) is -2.21. The predicted molar refractivity (Wildman–Crippen MR) is 55.4 cm³/mol. The number of methoxy groups -OCH3 is 1. The number of ether oxygens (including phenoxy) is 1. The van der Waals surface area contributed by atoms with E-state index in [1.807, 2.05) is 0 Å². The fourth-order valence-corrected chi connectivity index (χ4v) is 1.84. The van der Waals surface area contributed by atoms with E-state index in [0.29, 0.717) is 11.8 Å². The molecule has 1 aliphatic carbocycles. The minimum absolute atomic E-state index is 0.00303. The van der Waals surface area contributed by atoms with Crippen molar-refractivity contribution < 1.29 is 22.7 Å². The number of halogens is 3. The second kappa shape index (κ2) is 4.05. The molecule has 5 heteroatoms. The largest absolute Gasteiger partial charge is 0.496 e. The molecule has 0 saturated heterocycles. The Morgan fingerprint density at radius 2 is 2.00 bits per heavy atom. The van der Waals surface area contributed by atoms with Crippen LogP contribution in [-0.4, -0.2) is 13.4 Å². The molecule has 1 aromatic carbocycles. The van der Waals surface area contributed by atoms with Gasteiger partial charge in [-0.05, 0) is 36.5 Å². The SMILES string of the molecule is COc1cc(C(F)(F)F)cc(C2CC2)c1C=O. The topological polar surface area (TPSA) is 26.3 Å². The summed E-state index contributed by atoms with van der Waals surface area (Å²) in [5.74, 6) is 0.0584.